The number of fused-ring (bicyclic) bond motifs is 2. The van der Waals surface area contributed by atoms with Gasteiger partial charge in [-0.05, 0) is 68.7 Å². The van der Waals surface area contributed by atoms with Crippen molar-refractivity contribution in [3.8, 4) is 0 Å². The van der Waals surface area contributed by atoms with Crippen molar-refractivity contribution in [1.29, 1.82) is 0 Å². The summed E-state index contributed by atoms with van der Waals surface area (Å²) in [6, 6.07) is 2.31. The van der Waals surface area contributed by atoms with Gasteiger partial charge in [0.05, 0.1) is 0 Å². The first-order valence-electron chi connectivity index (χ1n) is 9.37. The van der Waals surface area contributed by atoms with Gasteiger partial charge in [0.2, 0.25) is 0 Å². The Morgan fingerprint density at radius 3 is 2.52 bits per heavy atom. The van der Waals surface area contributed by atoms with Gasteiger partial charge in [-0.25, -0.2) is 0 Å². The smallest absolute Gasteiger partial charge is 0.0206 e. The van der Waals surface area contributed by atoms with Gasteiger partial charge in [0.1, 0.15) is 0 Å². The van der Waals surface area contributed by atoms with Crippen LogP contribution in [-0.2, 0) is 0 Å². The van der Waals surface area contributed by atoms with E-state index in [-0.39, 0.29) is 0 Å². The Bertz CT molecular complexity index is 373. The van der Waals surface area contributed by atoms with Gasteiger partial charge in [-0.3, -0.25) is 4.90 Å². The third-order valence-electron chi connectivity index (χ3n) is 7.14. The van der Waals surface area contributed by atoms with Crippen LogP contribution in [0.3, 0.4) is 0 Å². The summed E-state index contributed by atoms with van der Waals surface area (Å²) in [5.74, 6) is 0.968. The van der Waals surface area contributed by atoms with E-state index in [0.29, 0.717) is 10.8 Å². The summed E-state index contributed by atoms with van der Waals surface area (Å²) in [5, 5.41) is 3.75. The minimum atomic E-state index is 0.519. The Morgan fingerprint density at radius 1 is 1.19 bits per heavy atom. The number of piperidine rings is 1. The van der Waals surface area contributed by atoms with Crippen molar-refractivity contribution in [3.63, 3.8) is 0 Å². The molecule has 2 bridgehead atoms. The Hall–Kier alpha value is -0.0800. The quantitative estimate of drug-likeness (QED) is 0.841. The number of likely N-dealkylation sites (tertiary alicyclic amines) is 1. The van der Waals surface area contributed by atoms with E-state index in [9.17, 15) is 0 Å². The largest absolute Gasteiger partial charge is 0.314 e. The highest BCUT2D eigenvalue weighted by Gasteiger charge is 2.61. The van der Waals surface area contributed by atoms with Crippen molar-refractivity contribution < 1.29 is 0 Å². The summed E-state index contributed by atoms with van der Waals surface area (Å²) in [6.07, 6.45) is 8.36. The van der Waals surface area contributed by atoms with E-state index >= 15 is 0 Å². The van der Waals surface area contributed by atoms with Crippen LogP contribution in [0.4, 0.5) is 0 Å². The third-order valence-corrected chi connectivity index (χ3v) is 7.14. The predicted molar refractivity (Wildman–Crippen MR) is 90.5 cm³/mol. The molecule has 1 saturated heterocycles. The highest BCUT2D eigenvalue weighted by molar-refractivity contribution is 5.13. The van der Waals surface area contributed by atoms with Gasteiger partial charge in [-0.2, -0.15) is 0 Å². The molecule has 5 unspecified atom stereocenters. The zero-order valence-electron chi connectivity index (χ0n) is 14.9. The van der Waals surface area contributed by atoms with E-state index in [1.807, 2.05) is 0 Å². The average molecular weight is 293 g/mol. The molecule has 3 aliphatic rings. The van der Waals surface area contributed by atoms with Gasteiger partial charge in [-0.1, -0.05) is 27.7 Å². The number of nitrogens with zero attached hydrogens (tertiary/aromatic N) is 1. The Labute approximate surface area is 132 Å². The molecule has 3 rings (SSSR count). The first-order valence-corrected chi connectivity index (χ1v) is 9.37. The first-order chi connectivity index (χ1) is 9.88. The van der Waals surface area contributed by atoms with Gasteiger partial charge in [0, 0.05) is 24.7 Å². The molecule has 2 aliphatic carbocycles. The van der Waals surface area contributed by atoms with Crippen molar-refractivity contribution in [1.82, 2.24) is 10.2 Å². The zero-order chi connectivity index (χ0) is 15.3. The molecule has 0 amide bonds. The number of nitrogens with one attached hydrogen (secondary N) is 1. The Balaban J connectivity index is 1.70. The average Bonchev–Trinajstić information content (AvgIpc) is 2.89. The standard InChI is InChI=1S/C19H36N2/c1-6-10-20-16-8-11-21(14(2)12-16)17-18(3,4)15-7-9-19(17,5)13-15/h14-17,20H,6-13H2,1-5H3. The summed E-state index contributed by atoms with van der Waals surface area (Å²) in [6.45, 7) is 14.9. The van der Waals surface area contributed by atoms with Crippen LogP contribution in [0.2, 0.25) is 0 Å². The second kappa shape index (κ2) is 5.53. The van der Waals surface area contributed by atoms with Crippen LogP contribution in [0.5, 0.6) is 0 Å². The number of rotatable bonds is 4. The van der Waals surface area contributed by atoms with Crippen LogP contribution in [0.1, 0.15) is 73.1 Å². The predicted octanol–water partition coefficient (Wildman–Crippen LogP) is 4.05. The molecular formula is C19H36N2. The van der Waals surface area contributed by atoms with Gasteiger partial charge in [-0.15, -0.1) is 0 Å². The molecule has 1 heterocycles. The molecular weight excluding hydrogens is 256 g/mol. The van der Waals surface area contributed by atoms with Crippen LogP contribution in [0.15, 0.2) is 0 Å². The van der Waals surface area contributed by atoms with Crippen molar-refractivity contribution >= 4 is 0 Å². The summed E-state index contributed by atoms with van der Waals surface area (Å²) in [4.78, 5) is 2.91. The second-order valence-corrected chi connectivity index (χ2v) is 9.08. The van der Waals surface area contributed by atoms with Crippen molar-refractivity contribution in [2.45, 2.75) is 91.3 Å². The van der Waals surface area contributed by atoms with E-state index in [1.54, 1.807) is 0 Å². The van der Waals surface area contributed by atoms with Gasteiger partial charge < -0.3 is 5.32 Å². The molecule has 0 aromatic rings. The lowest BCUT2D eigenvalue weighted by Gasteiger charge is -2.53. The van der Waals surface area contributed by atoms with Crippen LogP contribution in [0, 0.1) is 16.7 Å². The summed E-state index contributed by atoms with van der Waals surface area (Å²) in [5.41, 5.74) is 1.11. The van der Waals surface area contributed by atoms with Crippen LogP contribution in [-0.4, -0.2) is 36.1 Å². The van der Waals surface area contributed by atoms with E-state index in [1.165, 1.54) is 51.6 Å². The maximum Gasteiger partial charge on any atom is 0.0206 e. The minimum absolute atomic E-state index is 0.519. The van der Waals surface area contributed by atoms with Gasteiger partial charge in [0.25, 0.3) is 0 Å². The number of hydrogen-bond donors (Lipinski definition) is 1. The molecule has 21 heavy (non-hydrogen) atoms. The van der Waals surface area contributed by atoms with Gasteiger partial charge in [0.15, 0.2) is 0 Å². The molecule has 3 fully saturated rings. The molecule has 2 heteroatoms. The van der Waals surface area contributed by atoms with Crippen LogP contribution in [0.25, 0.3) is 0 Å². The fraction of sp³-hybridized carbons (Fsp3) is 1.00. The molecule has 2 nitrogen and oxygen atoms in total. The summed E-state index contributed by atoms with van der Waals surface area (Å²) >= 11 is 0. The van der Waals surface area contributed by atoms with Crippen molar-refractivity contribution in [3.05, 3.63) is 0 Å². The molecule has 0 spiro atoms. The molecule has 5 atom stereocenters. The fourth-order valence-electron chi connectivity index (χ4n) is 6.21. The van der Waals surface area contributed by atoms with E-state index < -0.39 is 0 Å². The van der Waals surface area contributed by atoms with E-state index in [0.717, 1.165) is 24.0 Å². The Kier molecular flexibility index (Phi) is 4.16. The van der Waals surface area contributed by atoms with E-state index in [2.05, 4.69) is 44.8 Å². The van der Waals surface area contributed by atoms with Gasteiger partial charge >= 0.3 is 0 Å². The molecule has 1 aliphatic heterocycles. The summed E-state index contributed by atoms with van der Waals surface area (Å²) < 4.78 is 0. The second-order valence-electron chi connectivity index (χ2n) is 9.08. The summed E-state index contributed by atoms with van der Waals surface area (Å²) in [7, 11) is 0. The molecule has 2 saturated carbocycles. The third kappa shape index (κ3) is 2.57. The fourth-order valence-corrected chi connectivity index (χ4v) is 6.21. The SMILES string of the molecule is CCCNC1CCN(C2C3(C)CCC(C3)C2(C)C)C(C)C1. The maximum absolute atomic E-state index is 3.75. The molecule has 0 aromatic carbocycles. The van der Waals surface area contributed by atoms with Crippen molar-refractivity contribution in [2.24, 2.45) is 16.7 Å². The Morgan fingerprint density at radius 2 is 1.95 bits per heavy atom. The highest BCUT2D eigenvalue weighted by atomic mass is 15.2. The highest BCUT2D eigenvalue weighted by Crippen LogP contribution is 2.64. The minimum Gasteiger partial charge on any atom is -0.314 e. The lowest BCUT2D eigenvalue weighted by Crippen LogP contribution is -2.59. The maximum atomic E-state index is 3.75. The first kappa shape index (κ1) is 15.8. The molecule has 0 aromatic heterocycles. The zero-order valence-corrected chi connectivity index (χ0v) is 14.9. The van der Waals surface area contributed by atoms with E-state index in [4.69, 9.17) is 0 Å². The molecule has 0 radical (unpaired) electrons. The topological polar surface area (TPSA) is 15.3 Å². The lowest BCUT2D eigenvalue weighted by molar-refractivity contribution is -0.0365. The molecule has 122 valence electrons. The van der Waals surface area contributed by atoms with Crippen molar-refractivity contribution in [2.75, 3.05) is 13.1 Å². The van der Waals surface area contributed by atoms with Crippen LogP contribution < -0.4 is 5.32 Å². The monoisotopic (exact) mass is 292 g/mol. The normalized spacial score (nSPS) is 46.1. The molecule has 1 N–H and O–H groups in total. The number of hydrogen-bond acceptors (Lipinski definition) is 2. The lowest BCUT2D eigenvalue weighted by atomic mass is 9.67. The van der Waals surface area contributed by atoms with Crippen LogP contribution >= 0.6 is 0 Å².